The number of phenols is 1. The van der Waals surface area contributed by atoms with Gasteiger partial charge in [-0.05, 0) is 30.0 Å². The molecule has 0 spiro atoms. The number of nitrogens with one attached hydrogen (secondary N) is 1. The molecule has 4 heteroatoms. The highest BCUT2D eigenvalue weighted by atomic mass is 19.1. The summed E-state index contributed by atoms with van der Waals surface area (Å²) in [5.74, 6) is -0.557. The third kappa shape index (κ3) is 1.88. The van der Waals surface area contributed by atoms with Gasteiger partial charge in [0.05, 0.1) is 5.39 Å². The Hall–Kier alpha value is -1.84. The highest BCUT2D eigenvalue weighted by molar-refractivity contribution is 5.85. The van der Waals surface area contributed by atoms with Crippen molar-refractivity contribution < 1.29 is 13.9 Å². The minimum atomic E-state index is -0.492. The lowest BCUT2D eigenvalue weighted by Crippen LogP contribution is -2.07. The molecule has 0 saturated carbocycles. The number of halogens is 1. The van der Waals surface area contributed by atoms with Crippen molar-refractivity contribution in [3.8, 4) is 5.75 Å². The molecule has 0 amide bonds. The maximum atomic E-state index is 14.2. The molecular weight excluding hydrogens is 233 g/mol. The number of rotatable bonds is 2. The Morgan fingerprint density at radius 1 is 1.39 bits per heavy atom. The fourth-order valence-corrected chi connectivity index (χ4v) is 1.98. The second-order valence-corrected chi connectivity index (χ2v) is 4.65. The highest BCUT2D eigenvalue weighted by Gasteiger charge is 2.17. The standard InChI is InChI=1S/C14H16FNO2/c1-4-8-5-10-11(17)6-9(7(2)3)12(15)13(10)18-14(8)16/h5-7,16-17H,4H2,1-3H3. The van der Waals surface area contributed by atoms with Crippen LogP contribution in [0.1, 0.15) is 37.8 Å². The Morgan fingerprint density at radius 2 is 2.06 bits per heavy atom. The summed E-state index contributed by atoms with van der Waals surface area (Å²) >= 11 is 0. The average Bonchev–Trinajstić information content (AvgIpc) is 2.32. The lowest BCUT2D eigenvalue weighted by atomic mass is 9.99. The molecule has 2 N–H and O–H groups in total. The predicted octanol–water partition coefficient (Wildman–Crippen LogP) is 3.44. The van der Waals surface area contributed by atoms with Gasteiger partial charge in [-0.1, -0.05) is 20.8 Å². The van der Waals surface area contributed by atoms with Crippen LogP contribution in [0.2, 0.25) is 0 Å². The van der Waals surface area contributed by atoms with E-state index in [1.54, 1.807) is 6.07 Å². The molecule has 0 fully saturated rings. The first-order valence-corrected chi connectivity index (χ1v) is 5.98. The summed E-state index contributed by atoms with van der Waals surface area (Å²) in [5, 5.41) is 18.0. The average molecular weight is 249 g/mol. The van der Waals surface area contributed by atoms with Crippen molar-refractivity contribution in [1.82, 2.24) is 0 Å². The Labute approximate surface area is 104 Å². The molecule has 1 heterocycles. The minimum absolute atomic E-state index is 0.00597. The second-order valence-electron chi connectivity index (χ2n) is 4.65. The van der Waals surface area contributed by atoms with Gasteiger partial charge in [0.15, 0.2) is 11.4 Å². The van der Waals surface area contributed by atoms with Crippen molar-refractivity contribution in [1.29, 1.82) is 5.41 Å². The molecule has 0 aliphatic heterocycles. The largest absolute Gasteiger partial charge is 0.507 e. The van der Waals surface area contributed by atoms with Crippen molar-refractivity contribution in [2.45, 2.75) is 33.1 Å². The Bertz CT molecular complexity index is 659. The SMILES string of the molecule is CCc1cc2c(O)cc(C(C)C)c(F)c2oc1=N. The van der Waals surface area contributed by atoms with Gasteiger partial charge in [-0.25, -0.2) is 4.39 Å². The summed E-state index contributed by atoms with van der Waals surface area (Å²) in [4.78, 5) is 0. The van der Waals surface area contributed by atoms with Crippen LogP contribution in [-0.2, 0) is 6.42 Å². The number of hydrogen-bond acceptors (Lipinski definition) is 3. The smallest absolute Gasteiger partial charge is 0.215 e. The first kappa shape index (κ1) is 12.6. The zero-order chi connectivity index (χ0) is 13.4. The Kier molecular flexibility index (Phi) is 3.11. The van der Waals surface area contributed by atoms with Gasteiger partial charge in [0.2, 0.25) is 5.55 Å². The van der Waals surface area contributed by atoms with Crippen LogP contribution in [0.25, 0.3) is 11.0 Å². The van der Waals surface area contributed by atoms with Crippen LogP contribution in [-0.4, -0.2) is 5.11 Å². The van der Waals surface area contributed by atoms with Crippen LogP contribution in [0, 0.1) is 11.2 Å². The van der Waals surface area contributed by atoms with Gasteiger partial charge in [0.25, 0.3) is 0 Å². The van der Waals surface area contributed by atoms with Crippen LogP contribution < -0.4 is 5.55 Å². The number of fused-ring (bicyclic) bond motifs is 1. The van der Waals surface area contributed by atoms with Crippen LogP contribution in [0.4, 0.5) is 4.39 Å². The normalized spacial score (nSPS) is 11.4. The van der Waals surface area contributed by atoms with Crippen LogP contribution in [0.5, 0.6) is 5.75 Å². The van der Waals surface area contributed by atoms with E-state index in [0.29, 0.717) is 22.9 Å². The molecule has 0 radical (unpaired) electrons. The van der Waals surface area contributed by atoms with Crippen LogP contribution in [0.3, 0.4) is 0 Å². The lowest BCUT2D eigenvalue weighted by Gasteiger charge is -2.11. The van der Waals surface area contributed by atoms with Gasteiger partial charge in [-0.15, -0.1) is 0 Å². The third-order valence-electron chi connectivity index (χ3n) is 3.08. The maximum Gasteiger partial charge on any atom is 0.215 e. The molecule has 2 rings (SSSR count). The monoisotopic (exact) mass is 249 g/mol. The Morgan fingerprint density at radius 3 is 2.61 bits per heavy atom. The lowest BCUT2D eigenvalue weighted by molar-refractivity contribution is 0.463. The van der Waals surface area contributed by atoms with Gasteiger partial charge < -0.3 is 9.52 Å². The number of aromatic hydroxyl groups is 1. The quantitative estimate of drug-likeness (QED) is 0.856. The molecule has 3 nitrogen and oxygen atoms in total. The summed E-state index contributed by atoms with van der Waals surface area (Å²) in [6.07, 6.45) is 0.602. The number of benzene rings is 1. The van der Waals surface area contributed by atoms with E-state index in [9.17, 15) is 9.50 Å². The zero-order valence-corrected chi connectivity index (χ0v) is 10.7. The van der Waals surface area contributed by atoms with Crippen molar-refractivity contribution in [3.05, 3.63) is 34.6 Å². The summed E-state index contributed by atoms with van der Waals surface area (Å²) in [6.45, 7) is 5.56. The molecule has 0 aliphatic carbocycles. The summed E-state index contributed by atoms with van der Waals surface area (Å²) in [5.41, 5.74) is 0.951. The number of phenolic OH excluding ortho intramolecular Hbond substituents is 1. The number of hydrogen-bond donors (Lipinski definition) is 2. The van der Waals surface area contributed by atoms with Crippen molar-refractivity contribution in [3.63, 3.8) is 0 Å². The van der Waals surface area contributed by atoms with Gasteiger partial charge in [0.1, 0.15) is 5.75 Å². The molecule has 0 atom stereocenters. The molecule has 0 saturated heterocycles. The molecule has 18 heavy (non-hydrogen) atoms. The molecule has 1 aromatic heterocycles. The summed E-state index contributed by atoms with van der Waals surface area (Å²) in [7, 11) is 0. The van der Waals surface area contributed by atoms with Crippen LogP contribution >= 0.6 is 0 Å². The van der Waals surface area contributed by atoms with Crippen molar-refractivity contribution >= 4 is 11.0 Å². The van der Waals surface area contributed by atoms with Crippen molar-refractivity contribution in [2.75, 3.05) is 0 Å². The van der Waals surface area contributed by atoms with E-state index < -0.39 is 5.82 Å². The third-order valence-corrected chi connectivity index (χ3v) is 3.08. The first-order valence-electron chi connectivity index (χ1n) is 5.98. The zero-order valence-electron chi connectivity index (χ0n) is 10.7. The molecule has 0 unspecified atom stereocenters. The van der Waals surface area contributed by atoms with E-state index in [1.165, 1.54) is 6.07 Å². The maximum absolute atomic E-state index is 14.2. The van der Waals surface area contributed by atoms with E-state index in [2.05, 4.69) is 0 Å². The van der Waals surface area contributed by atoms with Gasteiger partial charge in [0, 0.05) is 5.56 Å². The molecule has 0 aliphatic rings. The second kappa shape index (κ2) is 4.44. The van der Waals surface area contributed by atoms with E-state index in [4.69, 9.17) is 9.83 Å². The van der Waals surface area contributed by atoms with E-state index in [1.807, 2.05) is 20.8 Å². The van der Waals surface area contributed by atoms with Gasteiger partial charge in [-0.3, -0.25) is 5.41 Å². The van der Waals surface area contributed by atoms with E-state index in [0.717, 1.165) is 0 Å². The summed E-state index contributed by atoms with van der Waals surface area (Å²) in [6, 6.07) is 3.05. The highest BCUT2D eigenvalue weighted by Crippen LogP contribution is 2.32. The molecule has 1 aromatic carbocycles. The topological polar surface area (TPSA) is 57.2 Å². The summed E-state index contributed by atoms with van der Waals surface area (Å²) < 4.78 is 19.4. The Balaban J connectivity index is 2.89. The molecule has 2 aromatic rings. The van der Waals surface area contributed by atoms with Gasteiger partial charge in [-0.2, -0.15) is 0 Å². The van der Waals surface area contributed by atoms with Gasteiger partial charge >= 0.3 is 0 Å². The van der Waals surface area contributed by atoms with E-state index in [-0.39, 0.29) is 22.8 Å². The van der Waals surface area contributed by atoms with E-state index >= 15 is 0 Å². The van der Waals surface area contributed by atoms with Crippen LogP contribution in [0.15, 0.2) is 16.5 Å². The minimum Gasteiger partial charge on any atom is -0.507 e. The number of aryl methyl sites for hydroxylation is 1. The first-order chi connectivity index (χ1) is 8.45. The molecule has 96 valence electrons. The molecular formula is C14H16FNO2. The molecule has 0 bridgehead atoms. The fourth-order valence-electron chi connectivity index (χ4n) is 1.98. The fraction of sp³-hybridized carbons (Fsp3) is 0.357. The predicted molar refractivity (Wildman–Crippen MR) is 67.2 cm³/mol. The van der Waals surface area contributed by atoms with Crippen molar-refractivity contribution in [2.24, 2.45) is 0 Å².